The van der Waals surface area contributed by atoms with E-state index in [1.807, 2.05) is 26.0 Å². The summed E-state index contributed by atoms with van der Waals surface area (Å²) in [6, 6.07) is 10.7. The maximum Gasteiger partial charge on any atom is 0.255 e. The molecule has 0 heterocycles. The summed E-state index contributed by atoms with van der Waals surface area (Å²) in [5, 5.41) is 2.88. The lowest BCUT2D eigenvalue weighted by atomic mass is 10.1. The zero-order chi connectivity index (χ0) is 14.7. The zero-order valence-electron chi connectivity index (χ0n) is 11.9. The molecule has 1 amide bonds. The van der Waals surface area contributed by atoms with E-state index in [1.54, 1.807) is 31.4 Å². The fraction of sp³-hybridized carbons (Fsp3) is 0.188. The number of carbonyl (C=O) groups is 1. The van der Waals surface area contributed by atoms with Gasteiger partial charge in [0.05, 0.1) is 7.11 Å². The third-order valence-electron chi connectivity index (χ3n) is 3.20. The maximum atomic E-state index is 12.2. The van der Waals surface area contributed by atoms with Gasteiger partial charge in [0.1, 0.15) is 5.75 Å². The van der Waals surface area contributed by atoms with Gasteiger partial charge in [-0.25, -0.2) is 0 Å². The van der Waals surface area contributed by atoms with Crippen LogP contribution in [0, 0.1) is 13.8 Å². The summed E-state index contributed by atoms with van der Waals surface area (Å²) >= 11 is 0. The van der Waals surface area contributed by atoms with E-state index >= 15 is 0 Å². The van der Waals surface area contributed by atoms with Gasteiger partial charge in [0.15, 0.2) is 0 Å². The molecule has 0 aliphatic heterocycles. The molecule has 0 aliphatic rings. The number of aryl methyl sites for hydroxylation is 1. The molecule has 0 unspecified atom stereocenters. The van der Waals surface area contributed by atoms with Gasteiger partial charge in [0, 0.05) is 22.5 Å². The van der Waals surface area contributed by atoms with Gasteiger partial charge in [-0.05, 0) is 43.7 Å². The molecular weight excluding hydrogens is 252 g/mol. The van der Waals surface area contributed by atoms with Crippen molar-refractivity contribution in [2.75, 3.05) is 18.2 Å². The van der Waals surface area contributed by atoms with Gasteiger partial charge in [-0.1, -0.05) is 12.1 Å². The summed E-state index contributed by atoms with van der Waals surface area (Å²) in [5.41, 5.74) is 9.46. The van der Waals surface area contributed by atoms with Crippen molar-refractivity contribution in [1.82, 2.24) is 0 Å². The Morgan fingerprint density at radius 1 is 1.20 bits per heavy atom. The van der Waals surface area contributed by atoms with Crippen molar-refractivity contribution in [2.24, 2.45) is 0 Å². The molecule has 0 bridgehead atoms. The molecule has 3 N–H and O–H groups in total. The van der Waals surface area contributed by atoms with Gasteiger partial charge in [0.2, 0.25) is 0 Å². The van der Waals surface area contributed by atoms with Crippen molar-refractivity contribution < 1.29 is 9.53 Å². The topological polar surface area (TPSA) is 64.3 Å². The van der Waals surface area contributed by atoms with Crippen LogP contribution in [0.4, 0.5) is 11.4 Å². The van der Waals surface area contributed by atoms with E-state index in [2.05, 4.69) is 5.32 Å². The van der Waals surface area contributed by atoms with E-state index in [0.717, 1.165) is 22.6 Å². The highest BCUT2D eigenvalue weighted by Gasteiger charge is 2.11. The molecule has 0 atom stereocenters. The van der Waals surface area contributed by atoms with Crippen LogP contribution in [0.3, 0.4) is 0 Å². The van der Waals surface area contributed by atoms with Crippen molar-refractivity contribution in [3.05, 3.63) is 53.1 Å². The molecule has 0 saturated carbocycles. The minimum absolute atomic E-state index is 0.189. The number of nitrogen functional groups attached to an aromatic ring is 1. The number of hydrogen-bond acceptors (Lipinski definition) is 3. The fourth-order valence-corrected chi connectivity index (χ4v) is 2.15. The normalized spacial score (nSPS) is 10.2. The Balaban J connectivity index is 2.29. The van der Waals surface area contributed by atoms with Crippen LogP contribution in [-0.4, -0.2) is 13.0 Å². The van der Waals surface area contributed by atoms with Gasteiger partial charge in [0.25, 0.3) is 5.91 Å². The third kappa shape index (κ3) is 2.74. The summed E-state index contributed by atoms with van der Waals surface area (Å²) in [7, 11) is 1.62. The molecule has 20 heavy (non-hydrogen) atoms. The number of carbonyl (C=O) groups excluding carboxylic acids is 1. The van der Waals surface area contributed by atoms with Crippen molar-refractivity contribution >= 4 is 17.3 Å². The Morgan fingerprint density at radius 2 is 1.95 bits per heavy atom. The van der Waals surface area contributed by atoms with Crippen LogP contribution in [0.15, 0.2) is 36.4 Å². The van der Waals surface area contributed by atoms with E-state index in [4.69, 9.17) is 10.5 Å². The van der Waals surface area contributed by atoms with Crippen LogP contribution in [-0.2, 0) is 0 Å². The second-order valence-electron chi connectivity index (χ2n) is 4.67. The predicted molar refractivity (Wildman–Crippen MR) is 81.3 cm³/mol. The number of nitrogens with one attached hydrogen (secondary N) is 1. The van der Waals surface area contributed by atoms with Crippen LogP contribution in [0.5, 0.6) is 5.75 Å². The molecule has 104 valence electrons. The van der Waals surface area contributed by atoms with Crippen LogP contribution < -0.4 is 15.8 Å². The standard InChI is InChI=1S/C16H18N2O2/c1-10-7-8-14(11(2)15(10)20-3)18-16(19)12-5-4-6-13(17)9-12/h4-9H,17H2,1-3H3,(H,18,19). The van der Waals surface area contributed by atoms with E-state index in [9.17, 15) is 4.79 Å². The number of nitrogens with two attached hydrogens (primary N) is 1. The van der Waals surface area contributed by atoms with Gasteiger partial charge in [-0.15, -0.1) is 0 Å². The number of methoxy groups -OCH3 is 1. The third-order valence-corrected chi connectivity index (χ3v) is 3.20. The summed E-state index contributed by atoms with van der Waals surface area (Å²) in [6.45, 7) is 3.89. The lowest BCUT2D eigenvalue weighted by Gasteiger charge is -2.14. The maximum absolute atomic E-state index is 12.2. The quantitative estimate of drug-likeness (QED) is 0.842. The molecule has 2 aromatic rings. The first-order valence-corrected chi connectivity index (χ1v) is 6.34. The smallest absolute Gasteiger partial charge is 0.255 e. The second-order valence-corrected chi connectivity index (χ2v) is 4.67. The first-order valence-electron chi connectivity index (χ1n) is 6.34. The molecule has 0 spiro atoms. The van der Waals surface area contributed by atoms with Crippen LogP contribution in [0.2, 0.25) is 0 Å². The van der Waals surface area contributed by atoms with Crippen molar-refractivity contribution in [2.45, 2.75) is 13.8 Å². The number of anilines is 2. The molecular formula is C16H18N2O2. The Kier molecular flexibility index (Phi) is 3.94. The van der Waals surface area contributed by atoms with E-state index in [0.29, 0.717) is 11.3 Å². The fourth-order valence-electron chi connectivity index (χ4n) is 2.15. The minimum atomic E-state index is -0.189. The van der Waals surface area contributed by atoms with Gasteiger partial charge >= 0.3 is 0 Å². The lowest BCUT2D eigenvalue weighted by molar-refractivity contribution is 0.102. The molecule has 2 aromatic carbocycles. The Morgan fingerprint density at radius 3 is 2.60 bits per heavy atom. The molecule has 2 rings (SSSR count). The monoisotopic (exact) mass is 270 g/mol. The molecule has 0 aromatic heterocycles. The highest BCUT2D eigenvalue weighted by molar-refractivity contribution is 6.05. The Bertz CT molecular complexity index is 651. The Labute approximate surface area is 118 Å². The highest BCUT2D eigenvalue weighted by Crippen LogP contribution is 2.29. The van der Waals surface area contributed by atoms with Crippen LogP contribution in [0.1, 0.15) is 21.5 Å². The minimum Gasteiger partial charge on any atom is -0.496 e. The lowest BCUT2D eigenvalue weighted by Crippen LogP contribution is -2.13. The summed E-state index contributed by atoms with van der Waals surface area (Å²) in [5.74, 6) is 0.599. The summed E-state index contributed by atoms with van der Waals surface area (Å²) in [4.78, 5) is 12.2. The average molecular weight is 270 g/mol. The molecule has 0 radical (unpaired) electrons. The number of amides is 1. The number of rotatable bonds is 3. The molecule has 4 heteroatoms. The first kappa shape index (κ1) is 13.9. The average Bonchev–Trinajstić information content (AvgIpc) is 2.42. The highest BCUT2D eigenvalue weighted by atomic mass is 16.5. The number of benzene rings is 2. The molecule has 0 aliphatic carbocycles. The van der Waals surface area contributed by atoms with Gasteiger partial charge in [-0.3, -0.25) is 4.79 Å². The number of hydrogen-bond donors (Lipinski definition) is 2. The molecule has 0 fully saturated rings. The van der Waals surface area contributed by atoms with Crippen LogP contribution in [0.25, 0.3) is 0 Å². The molecule has 4 nitrogen and oxygen atoms in total. The predicted octanol–water partition coefficient (Wildman–Crippen LogP) is 3.15. The first-order chi connectivity index (χ1) is 9.52. The van der Waals surface area contributed by atoms with Gasteiger partial charge < -0.3 is 15.8 Å². The second kappa shape index (κ2) is 5.65. The van der Waals surface area contributed by atoms with E-state index in [-0.39, 0.29) is 5.91 Å². The van der Waals surface area contributed by atoms with E-state index in [1.165, 1.54) is 0 Å². The zero-order valence-corrected chi connectivity index (χ0v) is 11.9. The van der Waals surface area contributed by atoms with Crippen molar-refractivity contribution in [1.29, 1.82) is 0 Å². The summed E-state index contributed by atoms with van der Waals surface area (Å²) in [6.07, 6.45) is 0. The van der Waals surface area contributed by atoms with Crippen molar-refractivity contribution in [3.8, 4) is 5.75 Å². The summed E-state index contributed by atoms with van der Waals surface area (Å²) < 4.78 is 5.35. The van der Waals surface area contributed by atoms with E-state index < -0.39 is 0 Å². The SMILES string of the molecule is COc1c(C)ccc(NC(=O)c2cccc(N)c2)c1C. The largest absolute Gasteiger partial charge is 0.496 e. The van der Waals surface area contributed by atoms with Gasteiger partial charge in [-0.2, -0.15) is 0 Å². The van der Waals surface area contributed by atoms with Crippen molar-refractivity contribution in [3.63, 3.8) is 0 Å². The number of ether oxygens (including phenoxy) is 1. The Hall–Kier alpha value is -2.49. The molecule has 0 saturated heterocycles. The van der Waals surface area contributed by atoms with Crippen LogP contribution >= 0.6 is 0 Å².